The molecule has 1 aliphatic rings. The number of nitrogens with zero attached hydrogens (tertiary/aromatic N) is 3. The van der Waals surface area contributed by atoms with E-state index >= 15 is 0 Å². The number of anilines is 2. The maximum Gasteiger partial charge on any atom is 0.198 e. The number of hydrogen-bond acceptors (Lipinski definition) is 2. The zero-order chi connectivity index (χ0) is 19.4. The molecular weight excluding hydrogens is 421 g/mol. The van der Waals surface area contributed by atoms with Gasteiger partial charge >= 0.3 is 0 Å². The van der Waals surface area contributed by atoms with Gasteiger partial charge in [0.1, 0.15) is 0 Å². The molecule has 1 N–H and O–H groups in total. The first kappa shape index (κ1) is 19.5. The van der Waals surface area contributed by atoms with Crippen molar-refractivity contribution in [3.05, 3.63) is 58.3 Å². The van der Waals surface area contributed by atoms with Crippen LogP contribution in [0.4, 0.5) is 24.5 Å². The lowest BCUT2D eigenvalue weighted by Crippen LogP contribution is -2.51. The predicted octanol–water partition coefficient (Wildman–Crippen LogP) is 4.48. The lowest BCUT2D eigenvalue weighted by molar-refractivity contribution is 0.383. The molecule has 1 fully saturated rings. The fourth-order valence-corrected chi connectivity index (χ4v) is 3.51. The Balaban J connectivity index is 1.72. The summed E-state index contributed by atoms with van der Waals surface area (Å²) < 4.78 is 41.7. The van der Waals surface area contributed by atoms with Crippen LogP contribution in [0.15, 0.2) is 45.9 Å². The summed E-state index contributed by atoms with van der Waals surface area (Å²) >= 11 is 3.57. The summed E-state index contributed by atoms with van der Waals surface area (Å²) in [6.45, 7) is 5.19. The van der Waals surface area contributed by atoms with Crippen molar-refractivity contribution >= 4 is 33.3 Å². The standard InChI is InChI=1S/C19H20BrF3N4/c1-2-24-19(25-15-8-7-14(21)17(22)18(15)23)27-11-9-26(10-12-27)16-6-4-3-5-13(16)20/h3-8H,2,9-12H2,1H3,(H,24,25). The number of halogens is 4. The Kier molecular flexibility index (Phi) is 6.26. The molecule has 144 valence electrons. The number of aliphatic imine (C=N–C) groups is 1. The second-order valence-electron chi connectivity index (χ2n) is 6.07. The van der Waals surface area contributed by atoms with Crippen LogP contribution in [0, 0.1) is 17.5 Å². The quantitative estimate of drug-likeness (QED) is 0.433. The summed E-state index contributed by atoms with van der Waals surface area (Å²) in [4.78, 5) is 8.61. The zero-order valence-corrected chi connectivity index (χ0v) is 16.4. The highest BCUT2D eigenvalue weighted by Crippen LogP contribution is 2.27. The third-order valence-corrected chi connectivity index (χ3v) is 5.03. The van der Waals surface area contributed by atoms with E-state index in [2.05, 4.69) is 37.2 Å². The Morgan fingerprint density at radius 3 is 2.41 bits per heavy atom. The number of piperazine rings is 1. The highest BCUT2D eigenvalue weighted by atomic mass is 79.9. The second-order valence-corrected chi connectivity index (χ2v) is 6.93. The molecule has 0 aliphatic carbocycles. The second kappa shape index (κ2) is 8.65. The Morgan fingerprint density at radius 2 is 1.74 bits per heavy atom. The number of nitrogens with one attached hydrogen (secondary N) is 1. The molecule has 1 aliphatic heterocycles. The molecule has 27 heavy (non-hydrogen) atoms. The van der Waals surface area contributed by atoms with E-state index in [9.17, 15) is 13.2 Å². The summed E-state index contributed by atoms with van der Waals surface area (Å²) in [5.74, 6) is -3.50. The first-order valence-corrected chi connectivity index (χ1v) is 9.50. The minimum Gasteiger partial charge on any atom is -0.367 e. The van der Waals surface area contributed by atoms with Crippen LogP contribution in [0.2, 0.25) is 0 Å². The summed E-state index contributed by atoms with van der Waals surface area (Å²) in [6, 6.07) is 10.1. The fraction of sp³-hybridized carbons (Fsp3) is 0.316. The molecule has 0 aromatic heterocycles. The highest BCUT2D eigenvalue weighted by Gasteiger charge is 2.22. The number of benzene rings is 2. The fourth-order valence-electron chi connectivity index (χ4n) is 2.98. The molecule has 2 aromatic carbocycles. The smallest absolute Gasteiger partial charge is 0.198 e. The van der Waals surface area contributed by atoms with Crippen LogP contribution in [0.3, 0.4) is 0 Å². The predicted molar refractivity (Wildman–Crippen MR) is 106 cm³/mol. The van der Waals surface area contributed by atoms with Crippen molar-refractivity contribution in [1.82, 2.24) is 4.90 Å². The number of para-hydroxylation sites is 1. The van der Waals surface area contributed by atoms with Gasteiger partial charge in [0.2, 0.25) is 0 Å². The first-order chi connectivity index (χ1) is 13.0. The van der Waals surface area contributed by atoms with E-state index < -0.39 is 17.5 Å². The molecule has 0 spiro atoms. The van der Waals surface area contributed by atoms with Crippen LogP contribution < -0.4 is 10.2 Å². The van der Waals surface area contributed by atoms with Gasteiger partial charge < -0.3 is 15.1 Å². The van der Waals surface area contributed by atoms with E-state index in [1.54, 1.807) is 0 Å². The molecule has 2 aromatic rings. The van der Waals surface area contributed by atoms with Gasteiger partial charge in [0.25, 0.3) is 0 Å². The summed E-state index contributed by atoms with van der Waals surface area (Å²) in [5.41, 5.74) is 0.986. The van der Waals surface area contributed by atoms with Crippen molar-refractivity contribution in [1.29, 1.82) is 0 Å². The van der Waals surface area contributed by atoms with E-state index in [4.69, 9.17) is 0 Å². The molecule has 8 heteroatoms. The van der Waals surface area contributed by atoms with Crippen LogP contribution in [0.25, 0.3) is 0 Å². The van der Waals surface area contributed by atoms with Gasteiger partial charge in [-0.15, -0.1) is 0 Å². The summed E-state index contributed by atoms with van der Waals surface area (Å²) in [5, 5.41) is 2.82. The Hall–Kier alpha value is -2.22. The molecule has 4 nitrogen and oxygen atoms in total. The number of hydrogen-bond donors (Lipinski definition) is 1. The number of rotatable bonds is 3. The average Bonchev–Trinajstić information content (AvgIpc) is 2.68. The molecule has 0 atom stereocenters. The van der Waals surface area contributed by atoms with Gasteiger partial charge in [-0.3, -0.25) is 4.99 Å². The molecule has 1 heterocycles. The van der Waals surface area contributed by atoms with Gasteiger partial charge in [-0.05, 0) is 47.1 Å². The van der Waals surface area contributed by atoms with Crippen molar-refractivity contribution in [3.8, 4) is 0 Å². The molecule has 0 amide bonds. The molecular formula is C19H20BrF3N4. The first-order valence-electron chi connectivity index (χ1n) is 8.70. The van der Waals surface area contributed by atoms with E-state index in [-0.39, 0.29) is 5.69 Å². The molecule has 1 saturated heterocycles. The minimum absolute atomic E-state index is 0.130. The maximum absolute atomic E-state index is 14.0. The SMILES string of the molecule is CCN=C(Nc1ccc(F)c(F)c1F)N1CCN(c2ccccc2Br)CC1. The largest absolute Gasteiger partial charge is 0.367 e. The maximum atomic E-state index is 14.0. The topological polar surface area (TPSA) is 30.9 Å². The molecule has 0 saturated carbocycles. The number of guanidine groups is 1. The highest BCUT2D eigenvalue weighted by molar-refractivity contribution is 9.10. The average molecular weight is 441 g/mol. The van der Waals surface area contributed by atoms with E-state index in [1.807, 2.05) is 30.0 Å². The third kappa shape index (κ3) is 4.37. The third-order valence-electron chi connectivity index (χ3n) is 4.36. The van der Waals surface area contributed by atoms with Gasteiger partial charge in [-0.2, -0.15) is 0 Å². The van der Waals surface area contributed by atoms with E-state index in [0.717, 1.165) is 29.3 Å². The van der Waals surface area contributed by atoms with Gasteiger partial charge in [0.05, 0.1) is 11.4 Å². The van der Waals surface area contributed by atoms with Gasteiger partial charge in [0, 0.05) is 37.2 Å². The van der Waals surface area contributed by atoms with Gasteiger partial charge in [0.15, 0.2) is 23.4 Å². The van der Waals surface area contributed by atoms with Crippen LogP contribution >= 0.6 is 15.9 Å². The van der Waals surface area contributed by atoms with Crippen molar-refractivity contribution in [2.75, 3.05) is 42.9 Å². The Bertz CT molecular complexity index is 836. The summed E-state index contributed by atoms with van der Waals surface area (Å²) in [7, 11) is 0. The zero-order valence-electron chi connectivity index (χ0n) is 14.9. The molecule has 0 bridgehead atoms. The van der Waals surface area contributed by atoms with Gasteiger partial charge in [-0.1, -0.05) is 12.1 Å². The molecule has 0 unspecified atom stereocenters. The Labute approximate surface area is 164 Å². The van der Waals surface area contributed by atoms with Crippen LogP contribution in [0.5, 0.6) is 0 Å². The van der Waals surface area contributed by atoms with E-state index in [0.29, 0.717) is 25.6 Å². The van der Waals surface area contributed by atoms with Crippen molar-refractivity contribution < 1.29 is 13.2 Å². The van der Waals surface area contributed by atoms with Crippen molar-refractivity contribution in [2.45, 2.75) is 6.92 Å². The summed E-state index contributed by atoms with van der Waals surface area (Å²) in [6.07, 6.45) is 0. The minimum atomic E-state index is -1.49. The molecule has 3 rings (SSSR count). The lowest BCUT2D eigenvalue weighted by Gasteiger charge is -2.38. The van der Waals surface area contributed by atoms with E-state index in [1.165, 1.54) is 6.07 Å². The van der Waals surface area contributed by atoms with Crippen LogP contribution in [-0.4, -0.2) is 43.6 Å². The normalized spacial score (nSPS) is 15.2. The molecule has 0 radical (unpaired) electrons. The van der Waals surface area contributed by atoms with Crippen LogP contribution in [-0.2, 0) is 0 Å². The lowest BCUT2D eigenvalue weighted by atomic mass is 10.2. The van der Waals surface area contributed by atoms with Gasteiger partial charge in [-0.25, -0.2) is 13.2 Å². The Morgan fingerprint density at radius 1 is 1.04 bits per heavy atom. The van der Waals surface area contributed by atoms with Crippen molar-refractivity contribution in [3.63, 3.8) is 0 Å². The monoisotopic (exact) mass is 440 g/mol. The van der Waals surface area contributed by atoms with Crippen LogP contribution in [0.1, 0.15) is 6.92 Å². The van der Waals surface area contributed by atoms with Crippen molar-refractivity contribution in [2.24, 2.45) is 4.99 Å².